The van der Waals surface area contributed by atoms with E-state index in [1.165, 1.54) is 6.92 Å². The Labute approximate surface area is 216 Å². The Morgan fingerprint density at radius 2 is 1.65 bits per heavy atom. The number of nitrogens with two attached hydrogens (primary N) is 1. The van der Waals surface area contributed by atoms with Crippen LogP contribution in [0.3, 0.4) is 0 Å². The highest BCUT2D eigenvalue weighted by Gasteiger charge is 2.33. The summed E-state index contributed by atoms with van der Waals surface area (Å²) in [6.45, 7) is 5.39. The second-order valence-corrected chi connectivity index (χ2v) is 10.5. The third-order valence-electron chi connectivity index (χ3n) is 5.95. The lowest BCUT2D eigenvalue weighted by Crippen LogP contribution is -2.18. The van der Waals surface area contributed by atoms with Gasteiger partial charge in [-0.1, -0.05) is 42.5 Å². The molecule has 0 aliphatic carbocycles. The van der Waals surface area contributed by atoms with E-state index in [1.807, 2.05) is 42.5 Å². The van der Waals surface area contributed by atoms with Crippen molar-refractivity contribution < 1.29 is 23.2 Å². The van der Waals surface area contributed by atoms with E-state index in [4.69, 9.17) is 14.8 Å². The van der Waals surface area contributed by atoms with Gasteiger partial charge < -0.3 is 25.4 Å². The van der Waals surface area contributed by atoms with Gasteiger partial charge in [-0.2, -0.15) is 0 Å². The predicted octanol–water partition coefficient (Wildman–Crippen LogP) is 5.10. The van der Waals surface area contributed by atoms with Crippen LogP contribution in [0.5, 0.6) is 0 Å². The first-order valence-electron chi connectivity index (χ1n) is 12.1. The van der Waals surface area contributed by atoms with Crippen molar-refractivity contribution in [1.82, 2.24) is 0 Å². The molecule has 37 heavy (non-hydrogen) atoms. The molecule has 8 nitrogen and oxygen atoms in total. The zero-order valence-electron chi connectivity index (χ0n) is 21.0. The third-order valence-corrected chi connectivity index (χ3v) is 8.06. The number of anilines is 2. The molecular formula is C28H30N3O5P. The molecule has 1 aliphatic rings. The SMILES string of the molecule is CCOP(=O)(OCC)c1ccc2c(c1)/C(=C(/Nc1ccc(C(N)C(C)=O)cc1)c1ccccc1)C(=O)N2. The molecule has 1 aliphatic heterocycles. The topological polar surface area (TPSA) is 120 Å². The van der Waals surface area contributed by atoms with E-state index in [0.29, 0.717) is 39.1 Å². The fourth-order valence-corrected chi connectivity index (χ4v) is 5.73. The van der Waals surface area contributed by atoms with Gasteiger partial charge in [-0.25, -0.2) is 0 Å². The van der Waals surface area contributed by atoms with Crippen LogP contribution in [-0.2, 0) is 23.2 Å². The predicted molar refractivity (Wildman–Crippen MR) is 146 cm³/mol. The van der Waals surface area contributed by atoms with Gasteiger partial charge in [-0.15, -0.1) is 0 Å². The van der Waals surface area contributed by atoms with E-state index in [2.05, 4.69) is 10.6 Å². The van der Waals surface area contributed by atoms with Crippen molar-refractivity contribution >= 4 is 47.2 Å². The van der Waals surface area contributed by atoms with Gasteiger partial charge >= 0.3 is 7.60 Å². The van der Waals surface area contributed by atoms with E-state index in [1.54, 1.807) is 44.2 Å². The minimum atomic E-state index is -3.56. The highest BCUT2D eigenvalue weighted by molar-refractivity contribution is 7.62. The van der Waals surface area contributed by atoms with Crippen molar-refractivity contribution in [3.8, 4) is 0 Å². The lowest BCUT2D eigenvalue weighted by Gasteiger charge is -2.18. The average molecular weight is 520 g/mol. The largest absolute Gasteiger partial charge is 0.361 e. The Kier molecular flexibility index (Phi) is 8.05. The van der Waals surface area contributed by atoms with Crippen LogP contribution >= 0.6 is 7.60 Å². The molecule has 1 unspecified atom stereocenters. The van der Waals surface area contributed by atoms with Crippen LogP contribution in [0.1, 0.15) is 43.5 Å². The van der Waals surface area contributed by atoms with E-state index >= 15 is 0 Å². The first-order chi connectivity index (χ1) is 17.8. The van der Waals surface area contributed by atoms with Crippen LogP contribution in [-0.4, -0.2) is 24.9 Å². The van der Waals surface area contributed by atoms with Crippen molar-refractivity contribution in [2.45, 2.75) is 26.8 Å². The number of fused-ring (bicyclic) bond motifs is 1. The second-order valence-electron chi connectivity index (χ2n) is 8.47. The maximum Gasteiger partial charge on any atom is 0.361 e. The number of hydrogen-bond acceptors (Lipinski definition) is 7. The summed E-state index contributed by atoms with van der Waals surface area (Å²) < 4.78 is 24.5. The molecule has 1 heterocycles. The normalized spacial score (nSPS) is 15.1. The van der Waals surface area contributed by atoms with Crippen LogP contribution in [0.4, 0.5) is 11.4 Å². The summed E-state index contributed by atoms with van der Waals surface area (Å²) in [6, 6.07) is 21.0. The minimum Gasteiger partial charge on any atom is -0.354 e. The number of carbonyl (C=O) groups excluding carboxylic acids is 2. The Morgan fingerprint density at radius 1 is 1.00 bits per heavy atom. The fourth-order valence-electron chi connectivity index (χ4n) is 4.14. The summed E-state index contributed by atoms with van der Waals surface area (Å²) in [4.78, 5) is 24.9. The van der Waals surface area contributed by atoms with Gasteiger partial charge in [0.25, 0.3) is 5.91 Å². The first-order valence-corrected chi connectivity index (χ1v) is 13.6. The molecule has 0 saturated heterocycles. The number of amides is 1. The molecule has 3 aromatic carbocycles. The summed E-state index contributed by atoms with van der Waals surface area (Å²) in [5.74, 6) is -0.421. The highest BCUT2D eigenvalue weighted by Crippen LogP contribution is 2.48. The Hall–Kier alpha value is -3.55. The molecule has 1 amide bonds. The van der Waals surface area contributed by atoms with Gasteiger partial charge in [0.15, 0.2) is 5.78 Å². The second kappa shape index (κ2) is 11.2. The van der Waals surface area contributed by atoms with E-state index in [-0.39, 0.29) is 24.9 Å². The van der Waals surface area contributed by atoms with Crippen LogP contribution < -0.4 is 21.7 Å². The Bertz CT molecular complexity index is 1380. The van der Waals surface area contributed by atoms with Crippen molar-refractivity contribution in [2.75, 3.05) is 23.8 Å². The molecule has 9 heteroatoms. The van der Waals surface area contributed by atoms with Gasteiger partial charge in [-0.05, 0) is 62.2 Å². The Morgan fingerprint density at radius 3 is 2.24 bits per heavy atom. The molecule has 4 rings (SSSR count). The third kappa shape index (κ3) is 5.58. The highest BCUT2D eigenvalue weighted by atomic mass is 31.2. The molecule has 4 N–H and O–H groups in total. The maximum absolute atomic E-state index is 13.5. The van der Waals surface area contributed by atoms with Gasteiger partial charge in [0, 0.05) is 16.9 Å². The standard InChI is InChI=1S/C28H30N3O5P/c1-4-35-37(34,36-5-2)22-15-16-24-23(17-22)25(28(33)31-24)27(20-9-7-6-8-10-20)30-21-13-11-19(12-14-21)26(29)18(3)32/h6-17,26,30H,4-5,29H2,1-3H3,(H,31,33)/b27-25-. The van der Waals surface area contributed by atoms with Crippen molar-refractivity contribution in [1.29, 1.82) is 0 Å². The molecule has 192 valence electrons. The number of nitrogens with one attached hydrogen (secondary N) is 2. The molecular weight excluding hydrogens is 489 g/mol. The van der Waals surface area contributed by atoms with Crippen LogP contribution in [0.15, 0.2) is 72.8 Å². The Balaban J connectivity index is 1.83. The summed E-state index contributed by atoms with van der Waals surface area (Å²) in [5.41, 5.74) is 10.3. The van der Waals surface area contributed by atoms with Crippen molar-refractivity contribution in [2.24, 2.45) is 5.73 Å². The number of Topliss-reactive ketones (excluding diaryl/α,β-unsaturated/α-hetero) is 1. The van der Waals surface area contributed by atoms with Crippen LogP contribution in [0.2, 0.25) is 0 Å². The van der Waals surface area contributed by atoms with Gasteiger partial charge in [0.1, 0.15) is 0 Å². The molecule has 0 aromatic heterocycles. The molecule has 0 bridgehead atoms. The maximum atomic E-state index is 13.5. The minimum absolute atomic E-state index is 0.126. The van der Waals surface area contributed by atoms with Gasteiger partial charge in [0.05, 0.1) is 35.8 Å². The number of ketones is 1. The summed E-state index contributed by atoms with van der Waals surface area (Å²) in [6.07, 6.45) is 0. The number of rotatable bonds is 10. The number of hydrogen-bond donors (Lipinski definition) is 3. The zero-order valence-corrected chi connectivity index (χ0v) is 21.9. The quantitative estimate of drug-likeness (QED) is 0.252. The summed E-state index contributed by atoms with van der Waals surface area (Å²) >= 11 is 0. The van der Waals surface area contributed by atoms with Crippen LogP contribution in [0.25, 0.3) is 11.3 Å². The first kappa shape index (κ1) is 26.5. The smallest absolute Gasteiger partial charge is 0.354 e. The molecule has 0 saturated carbocycles. The molecule has 1 atom stereocenters. The van der Waals surface area contributed by atoms with E-state index in [0.717, 1.165) is 5.56 Å². The van der Waals surface area contributed by atoms with Crippen LogP contribution in [0, 0.1) is 0 Å². The fraction of sp³-hybridized carbons (Fsp3) is 0.214. The lowest BCUT2D eigenvalue weighted by molar-refractivity contribution is -0.118. The van der Waals surface area contributed by atoms with Crippen molar-refractivity contribution in [3.05, 3.63) is 89.5 Å². The molecule has 0 fully saturated rings. The van der Waals surface area contributed by atoms with E-state index in [9.17, 15) is 14.2 Å². The molecule has 0 radical (unpaired) electrons. The summed E-state index contributed by atoms with van der Waals surface area (Å²) in [5, 5.41) is 6.65. The summed E-state index contributed by atoms with van der Waals surface area (Å²) in [7, 11) is -3.56. The van der Waals surface area contributed by atoms with Gasteiger partial charge in [-0.3, -0.25) is 14.2 Å². The van der Waals surface area contributed by atoms with E-state index < -0.39 is 13.6 Å². The lowest BCUT2D eigenvalue weighted by atomic mass is 9.99. The monoisotopic (exact) mass is 519 g/mol. The molecule has 0 spiro atoms. The number of benzene rings is 3. The zero-order chi connectivity index (χ0) is 26.6. The number of carbonyl (C=O) groups is 2. The molecule has 3 aromatic rings. The average Bonchev–Trinajstić information content (AvgIpc) is 3.22. The van der Waals surface area contributed by atoms with Gasteiger partial charge in [0.2, 0.25) is 0 Å². The van der Waals surface area contributed by atoms with Crippen molar-refractivity contribution in [3.63, 3.8) is 0 Å².